The summed E-state index contributed by atoms with van der Waals surface area (Å²) in [6.45, 7) is 0. The lowest BCUT2D eigenvalue weighted by Gasteiger charge is -2.09. The Morgan fingerprint density at radius 2 is 2.12 bits per heavy atom. The second-order valence-electron chi connectivity index (χ2n) is 3.95. The number of alkyl halides is 2. The molecule has 1 atom stereocenters. The number of hydrogen-bond donors (Lipinski definition) is 0. The van der Waals surface area contributed by atoms with E-state index < -0.39 is 24.3 Å². The van der Waals surface area contributed by atoms with Gasteiger partial charge in [-0.05, 0) is 25.0 Å². The van der Waals surface area contributed by atoms with Crippen molar-refractivity contribution in [1.29, 1.82) is 0 Å². The summed E-state index contributed by atoms with van der Waals surface area (Å²) in [6.07, 6.45) is -2.47. The first-order chi connectivity index (χ1) is 8.08. The summed E-state index contributed by atoms with van der Waals surface area (Å²) < 4.78 is 41.9. The molecule has 2 rings (SSSR count). The molecular weight excluding hydrogens is 233 g/mol. The van der Waals surface area contributed by atoms with E-state index >= 15 is 0 Å². The average Bonchev–Trinajstić information content (AvgIpc) is 2.55. The molecule has 0 aromatic heterocycles. The number of rotatable bonds is 4. The van der Waals surface area contributed by atoms with Crippen LogP contribution >= 0.6 is 0 Å². The van der Waals surface area contributed by atoms with Crippen LogP contribution in [-0.2, 0) is 4.74 Å². The highest BCUT2D eigenvalue weighted by atomic mass is 19.3. The van der Waals surface area contributed by atoms with Gasteiger partial charge in [-0.3, -0.25) is 0 Å². The Kier molecular flexibility index (Phi) is 3.36. The number of ether oxygens (including phenoxy) is 1. The zero-order valence-electron chi connectivity index (χ0n) is 8.96. The third-order valence-electron chi connectivity index (χ3n) is 2.72. The maximum absolute atomic E-state index is 12.9. The van der Waals surface area contributed by atoms with Gasteiger partial charge in [0, 0.05) is 12.0 Å². The molecule has 1 heterocycles. The Balaban J connectivity index is 2.06. The van der Waals surface area contributed by atoms with Crippen molar-refractivity contribution in [2.75, 3.05) is 0 Å². The largest absolute Gasteiger partial charge is 0.454 e. The zero-order valence-corrected chi connectivity index (χ0v) is 8.96. The molecule has 0 radical (unpaired) electrons. The summed E-state index contributed by atoms with van der Waals surface area (Å²) >= 11 is 0. The Morgan fingerprint density at radius 1 is 1.35 bits per heavy atom. The van der Waals surface area contributed by atoms with E-state index in [1.165, 1.54) is 12.1 Å². The second kappa shape index (κ2) is 4.77. The smallest absolute Gasteiger partial charge is 0.339 e. The summed E-state index contributed by atoms with van der Waals surface area (Å²) in [4.78, 5) is 11.4. The van der Waals surface area contributed by atoms with Gasteiger partial charge in [0.2, 0.25) is 6.43 Å². The Labute approximate surface area is 96.4 Å². The first-order valence-corrected chi connectivity index (χ1v) is 5.36. The minimum Gasteiger partial charge on any atom is -0.454 e. The van der Waals surface area contributed by atoms with Gasteiger partial charge in [0.1, 0.15) is 11.9 Å². The van der Waals surface area contributed by atoms with Crippen molar-refractivity contribution in [2.45, 2.75) is 31.8 Å². The maximum atomic E-state index is 12.9. The van der Waals surface area contributed by atoms with Gasteiger partial charge in [-0.2, -0.15) is 0 Å². The van der Waals surface area contributed by atoms with E-state index in [-0.39, 0.29) is 18.4 Å². The van der Waals surface area contributed by atoms with Crippen LogP contribution in [0.4, 0.5) is 13.2 Å². The highest BCUT2D eigenvalue weighted by Crippen LogP contribution is 2.34. The van der Waals surface area contributed by atoms with Gasteiger partial charge in [-0.15, -0.1) is 0 Å². The van der Waals surface area contributed by atoms with E-state index in [1.807, 2.05) is 0 Å². The Morgan fingerprint density at radius 3 is 2.82 bits per heavy atom. The van der Waals surface area contributed by atoms with Crippen LogP contribution in [0.1, 0.15) is 41.3 Å². The van der Waals surface area contributed by atoms with E-state index in [2.05, 4.69) is 0 Å². The lowest BCUT2D eigenvalue weighted by atomic mass is 10.0. The molecule has 0 saturated carbocycles. The van der Waals surface area contributed by atoms with Gasteiger partial charge < -0.3 is 4.74 Å². The van der Waals surface area contributed by atoms with Crippen LogP contribution in [0.3, 0.4) is 0 Å². The van der Waals surface area contributed by atoms with Crippen molar-refractivity contribution in [3.63, 3.8) is 0 Å². The summed E-state index contributed by atoms with van der Waals surface area (Å²) in [5, 5.41) is 0. The van der Waals surface area contributed by atoms with Crippen LogP contribution in [-0.4, -0.2) is 12.4 Å². The van der Waals surface area contributed by atoms with Crippen LogP contribution in [0.25, 0.3) is 0 Å². The highest BCUT2D eigenvalue weighted by molar-refractivity contribution is 5.94. The fourth-order valence-electron chi connectivity index (χ4n) is 1.91. The van der Waals surface area contributed by atoms with Crippen molar-refractivity contribution in [3.8, 4) is 0 Å². The zero-order chi connectivity index (χ0) is 12.4. The SMILES string of the molecule is O=C1OC(CCCC(F)F)c2ccc(F)cc21. The number of hydrogen-bond acceptors (Lipinski definition) is 2. The lowest BCUT2D eigenvalue weighted by Crippen LogP contribution is -2.00. The van der Waals surface area contributed by atoms with Gasteiger partial charge in [-0.25, -0.2) is 18.0 Å². The fraction of sp³-hybridized carbons (Fsp3) is 0.417. The molecule has 0 N–H and O–H groups in total. The van der Waals surface area contributed by atoms with Crippen LogP contribution in [0.2, 0.25) is 0 Å². The van der Waals surface area contributed by atoms with Crippen molar-refractivity contribution in [3.05, 3.63) is 35.1 Å². The number of benzene rings is 1. The quantitative estimate of drug-likeness (QED) is 0.758. The van der Waals surface area contributed by atoms with Crippen LogP contribution in [0, 0.1) is 5.82 Å². The minimum atomic E-state index is -2.35. The Hall–Kier alpha value is -1.52. The van der Waals surface area contributed by atoms with Gasteiger partial charge in [-0.1, -0.05) is 6.07 Å². The predicted molar refractivity (Wildman–Crippen MR) is 54.4 cm³/mol. The molecule has 92 valence electrons. The van der Waals surface area contributed by atoms with Crippen LogP contribution in [0.15, 0.2) is 18.2 Å². The molecular formula is C12H11F3O2. The predicted octanol–water partition coefficient (Wildman–Crippen LogP) is 3.47. The standard InChI is InChI=1S/C12H11F3O2/c13-7-4-5-8-9(6-7)12(16)17-10(8)2-1-3-11(14)15/h4-6,10-11H,1-3H2. The van der Waals surface area contributed by atoms with Crippen molar-refractivity contribution >= 4 is 5.97 Å². The second-order valence-corrected chi connectivity index (χ2v) is 3.95. The van der Waals surface area contributed by atoms with Gasteiger partial charge in [0.25, 0.3) is 0 Å². The summed E-state index contributed by atoms with van der Waals surface area (Å²) in [6, 6.07) is 3.83. The molecule has 1 unspecified atom stereocenters. The third-order valence-corrected chi connectivity index (χ3v) is 2.72. The van der Waals surface area contributed by atoms with Crippen LogP contribution < -0.4 is 0 Å². The molecule has 0 amide bonds. The number of halogens is 3. The van der Waals surface area contributed by atoms with Gasteiger partial charge >= 0.3 is 5.97 Å². The molecule has 0 bridgehead atoms. The normalized spacial score (nSPS) is 18.4. The molecule has 1 aliphatic heterocycles. The van der Waals surface area contributed by atoms with E-state index in [0.29, 0.717) is 12.0 Å². The third kappa shape index (κ3) is 2.60. The molecule has 1 aromatic carbocycles. The maximum Gasteiger partial charge on any atom is 0.339 e. The molecule has 0 saturated heterocycles. The highest BCUT2D eigenvalue weighted by Gasteiger charge is 2.30. The topological polar surface area (TPSA) is 26.3 Å². The number of esters is 1. The molecule has 5 heteroatoms. The molecule has 1 aliphatic rings. The van der Waals surface area contributed by atoms with Crippen molar-refractivity contribution < 1.29 is 22.7 Å². The number of cyclic esters (lactones) is 1. The fourth-order valence-corrected chi connectivity index (χ4v) is 1.91. The number of fused-ring (bicyclic) bond motifs is 1. The number of carbonyl (C=O) groups excluding carboxylic acids is 1. The van der Waals surface area contributed by atoms with E-state index in [0.717, 1.165) is 6.07 Å². The van der Waals surface area contributed by atoms with Crippen molar-refractivity contribution in [2.24, 2.45) is 0 Å². The first-order valence-electron chi connectivity index (χ1n) is 5.36. The lowest BCUT2D eigenvalue weighted by molar-refractivity contribution is 0.0350. The van der Waals surface area contributed by atoms with E-state index in [1.54, 1.807) is 0 Å². The minimum absolute atomic E-state index is 0.201. The monoisotopic (exact) mass is 244 g/mol. The Bertz CT molecular complexity index is 432. The van der Waals surface area contributed by atoms with E-state index in [4.69, 9.17) is 4.74 Å². The summed E-state index contributed by atoms with van der Waals surface area (Å²) in [7, 11) is 0. The molecule has 17 heavy (non-hydrogen) atoms. The molecule has 0 spiro atoms. The average molecular weight is 244 g/mol. The van der Waals surface area contributed by atoms with E-state index in [9.17, 15) is 18.0 Å². The molecule has 0 aliphatic carbocycles. The molecule has 1 aromatic rings. The summed E-state index contributed by atoms with van der Waals surface area (Å²) in [5.41, 5.74) is 0.790. The summed E-state index contributed by atoms with van der Waals surface area (Å²) in [5.74, 6) is -1.09. The first kappa shape index (κ1) is 12.0. The van der Waals surface area contributed by atoms with Crippen molar-refractivity contribution in [1.82, 2.24) is 0 Å². The van der Waals surface area contributed by atoms with Crippen LogP contribution in [0.5, 0.6) is 0 Å². The molecule has 0 fully saturated rings. The molecule has 2 nitrogen and oxygen atoms in total. The van der Waals surface area contributed by atoms with Gasteiger partial charge in [0.05, 0.1) is 5.56 Å². The number of carbonyl (C=O) groups is 1. The van der Waals surface area contributed by atoms with Gasteiger partial charge in [0.15, 0.2) is 0 Å².